The second-order valence-electron chi connectivity index (χ2n) is 7.12. The van der Waals surface area contributed by atoms with E-state index in [1.807, 2.05) is 13.0 Å². The third-order valence-corrected chi connectivity index (χ3v) is 5.28. The Labute approximate surface area is 155 Å². The molecule has 1 aliphatic carbocycles. The van der Waals surface area contributed by atoms with Gasteiger partial charge in [0.05, 0.1) is 36.7 Å². The van der Waals surface area contributed by atoms with Crippen molar-refractivity contribution in [3.05, 3.63) is 52.0 Å². The molecule has 1 saturated heterocycles. The van der Waals surface area contributed by atoms with Gasteiger partial charge in [-0.1, -0.05) is 0 Å². The maximum absolute atomic E-state index is 12.6. The molecule has 0 saturated carbocycles. The van der Waals surface area contributed by atoms with E-state index in [1.165, 1.54) is 0 Å². The van der Waals surface area contributed by atoms with E-state index >= 15 is 0 Å². The summed E-state index contributed by atoms with van der Waals surface area (Å²) in [6.07, 6.45) is 6.39. The number of hydrogen-bond donors (Lipinski definition) is 1. The fraction of sp³-hybridized carbons (Fsp3) is 0.421. The van der Waals surface area contributed by atoms with E-state index in [0.717, 1.165) is 47.2 Å². The lowest BCUT2D eigenvalue weighted by Crippen LogP contribution is -2.38. The highest BCUT2D eigenvalue weighted by molar-refractivity contribution is 5.88. The zero-order valence-electron chi connectivity index (χ0n) is 15.1. The topological polar surface area (TPSA) is 94.8 Å². The Kier molecular flexibility index (Phi) is 3.86. The summed E-state index contributed by atoms with van der Waals surface area (Å²) >= 11 is 0. The van der Waals surface area contributed by atoms with Crippen molar-refractivity contribution < 1.29 is 4.74 Å². The fourth-order valence-corrected chi connectivity index (χ4v) is 3.96. The Hall–Kier alpha value is -2.87. The SMILES string of the molecule is Cc1nc(NC2COCC2n2nc3c(cc2=O)CCC3)c2ccncc2n1. The lowest BCUT2D eigenvalue weighted by atomic mass is 10.1. The van der Waals surface area contributed by atoms with Crippen molar-refractivity contribution in [1.82, 2.24) is 24.7 Å². The number of aromatic nitrogens is 5. The highest BCUT2D eigenvalue weighted by Gasteiger charge is 2.33. The number of anilines is 1. The maximum Gasteiger partial charge on any atom is 0.267 e. The van der Waals surface area contributed by atoms with Crippen LogP contribution in [0.3, 0.4) is 0 Å². The molecule has 3 aromatic rings. The molecule has 8 nitrogen and oxygen atoms in total. The molecule has 0 bridgehead atoms. The molecule has 0 radical (unpaired) electrons. The van der Waals surface area contributed by atoms with Gasteiger partial charge in [0, 0.05) is 17.6 Å². The molecule has 27 heavy (non-hydrogen) atoms. The number of nitrogens with zero attached hydrogens (tertiary/aromatic N) is 5. The van der Waals surface area contributed by atoms with Crippen LogP contribution in [0.15, 0.2) is 29.3 Å². The number of hydrogen-bond acceptors (Lipinski definition) is 7. The van der Waals surface area contributed by atoms with Crippen LogP contribution in [0.25, 0.3) is 10.9 Å². The first-order chi connectivity index (χ1) is 13.2. The molecule has 2 unspecified atom stereocenters. The van der Waals surface area contributed by atoms with Gasteiger partial charge >= 0.3 is 0 Å². The second-order valence-corrected chi connectivity index (χ2v) is 7.12. The lowest BCUT2D eigenvalue weighted by Gasteiger charge is -2.22. The minimum atomic E-state index is -0.171. The van der Waals surface area contributed by atoms with Crippen LogP contribution in [0, 0.1) is 6.92 Å². The molecule has 8 heteroatoms. The largest absolute Gasteiger partial charge is 0.377 e. The van der Waals surface area contributed by atoms with Crippen LogP contribution in [-0.2, 0) is 17.6 Å². The Morgan fingerprint density at radius 3 is 3.11 bits per heavy atom. The van der Waals surface area contributed by atoms with Gasteiger partial charge in [-0.2, -0.15) is 5.10 Å². The van der Waals surface area contributed by atoms with Crippen LogP contribution in [0.5, 0.6) is 0 Å². The first-order valence-electron chi connectivity index (χ1n) is 9.23. The molecule has 138 valence electrons. The van der Waals surface area contributed by atoms with Gasteiger partial charge in [0.1, 0.15) is 17.7 Å². The summed E-state index contributed by atoms with van der Waals surface area (Å²) < 4.78 is 7.28. The summed E-state index contributed by atoms with van der Waals surface area (Å²) in [6.45, 7) is 2.80. The van der Waals surface area contributed by atoms with Crippen molar-refractivity contribution in [3.63, 3.8) is 0 Å². The van der Waals surface area contributed by atoms with Gasteiger partial charge in [0.15, 0.2) is 0 Å². The zero-order chi connectivity index (χ0) is 18.4. The number of fused-ring (bicyclic) bond motifs is 2. The number of nitrogens with one attached hydrogen (secondary N) is 1. The quantitative estimate of drug-likeness (QED) is 0.751. The Morgan fingerprint density at radius 2 is 2.19 bits per heavy atom. The van der Waals surface area contributed by atoms with E-state index < -0.39 is 0 Å². The molecule has 0 amide bonds. The van der Waals surface area contributed by atoms with E-state index in [-0.39, 0.29) is 17.6 Å². The average molecular weight is 364 g/mol. The summed E-state index contributed by atoms with van der Waals surface area (Å²) in [5.74, 6) is 1.40. The monoisotopic (exact) mass is 364 g/mol. The van der Waals surface area contributed by atoms with E-state index in [0.29, 0.717) is 19.0 Å². The number of pyridine rings is 1. The van der Waals surface area contributed by atoms with Gasteiger partial charge in [-0.25, -0.2) is 14.6 Å². The van der Waals surface area contributed by atoms with Crippen molar-refractivity contribution in [2.45, 2.75) is 38.3 Å². The van der Waals surface area contributed by atoms with Crippen LogP contribution >= 0.6 is 0 Å². The molecular formula is C19H20N6O2. The normalized spacial score (nSPS) is 21.5. The van der Waals surface area contributed by atoms with Crippen LogP contribution in [-0.4, -0.2) is 44.0 Å². The lowest BCUT2D eigenvalue weighted by molar-refractivity contribution is 0.182. The number of aryl methyl sites for hydroxylation is 3. The molecule has 1 aliphatic heterocycles. The van der Waals surface area contributed by atoms with Crippen molar-refractivity contribution in [1.29, 1.82) is 0 Å². The highest BCUT2D eigenvalue weighted by atomic mass is 16.5. The first-order valence-corrected chi connectivity index (χ1v) is 9.23. The molecule has 4 heterocycles. The summed E-state index contributed by atoms with van der Waals surface area (Å²) in [7, 11) is 0. The van der Waals surface area contributed by atoms with Crippen molar-refractivity contribution >= 4 is 16.7 Å². The summed E-state index contributed by atoms with van der Waals surface area (Å²) in [5, 5.41) is 9.01. The fourth-order valence-electron chi connectivity index (χ4n) is 3.96. The average Bonchev–Trinajstić information content (AvgIpc) is 3.29. The number of ether oxygens (including phenoxy) is 1. The van der Waals surface area contributed by atoms with Crippen LogP contribution in [0.1, 0.15) is 29.5 Å². The minimum Gasteiger partial charge on any atom is -0.377 e. The van der Waals surface area contributed by atoms with Gasteiger partial charge in [0.2, 0.25) is 0 Å². The Bertz CT molecular complexity index is 1080. The van der Waals surface area contributed by atoms with Crippen molar-refractivity contribution in [2.24, 2.45) is 0 Å². The van der Waals surface area contributed by atoms with Crippen LogP contribution in [0.2, 0.25) is 0 Å². The maximum atomic E-state index is 12.6. The third kappa shape index (κ3) is 2.86. The second kappa shape index (κ2) is 6.38. The van der Waals surface area contributed by atoms with Crippen molar-refractivity contribution in [2.75, 3.05) is 18.5 Å². The molecule has 3 aromatic heterocycles. The predicted molar refractivity (Wildman–Crippen MR) is 99.9 cm³/mol. The predicted octanol–water partition coefficient (Wildman–Crippen LogP) is 1.43. The molecule has 5 rings (SSSR count). The summed E-state index contributed by atoms with van der Waals surface area (Å²) in [6, 6.07) is 3.36. The van der Waals surface area contributed by atoms with E-state index in [4.69, 9.17) is 4.74 Å². The van der Waals surface area contributed by atoms with Gasteiger partial charge in [-0.05, 0) is 37.8 Å². The molecule has 0 spiro atoms. The van der Waals surface area contributed by atoms with E-state index in [1.54, 1.807) is 23.1 Å². The zero-order valence-corrected chi connectivity index (χ0v) is 15.1. The Morgan fingerprint density at radius 1 is 1.26 bits per heavy atom. The van der Waals surface area contributed by atoms with Gasteiger partial charge in [-0.3, -0.25) is 9.78 Å². The Balaban J connectivity index is 1.51. The van der Waals surface area contributed by atoms with Crippen LogP contribution in [0.4, 0.5) is 5.82 Å². The van der Waals surface area contributed by atoms with E-state index in [9.17, 15) is 4.79 Å². The molecule has 0 aromatic carbocycles. The minimum absolute atomic E-state index is 0.0640. The summed E-state index contributed by atoms with van der Waals surface area (Å²) in [5.41, 5.74) is 2.85. The molecule has 1 N–H and O–H groups in total. The number of rotatable bonds is 3. The standard InChI is InChI=1S/C19H20N6O2/c1-11-21-15-8-20-6-5-13(15)19(22-11)23-16-9-27-10-17(16)25-18(26)7-12-3-2-4-14(12)24-25/h5-8,16-17H,2-4,9-10H2,1H3,(H,21,22,23). The first kappa shape index (κ1) is 16.3. The van der Waals surface area contributed by atoms with Crippen LogP contribution < -0.4 is 10.9 Å². The molecule has 2 aliphatic rings. The molecular weight excluding hydrogens is 344 g/mol. The van der Waals surface area contributed by atoms with E-state index in [2.05, 4.69) is 25.4 Å². The third-order valence-electron chi connectivity index (χ3n) is 5.28. The smallest absolute Gasteiger partial charge is 0.267 e. The summed E-state index contributed by atoms with van der Waals surface area (Å²) in [4.78, 5) is 25.7. The van der Waals surface area contributed by atoms with Crippen molar-refractivity contribution in [3.8, 4) is 0 Å². The van der Waals surface area contributed by atoms with Gasteiger partial charge in [-0.15, -0.1) is 0 Å². The molecule has 1 fully saturated rings. The van der Waals surface area contributed by atoms with Gasteiger partial charge in [0.25, 0.3) is 5.56 Å². The van der Waals surface area contributed by atoms with Gasteiger partial charge < -0.3 is 10.1 Å². The molecule has 2 atom stereocenters. The highest BCUT2D eigenvalue weighted by Crippen LogP contribution is 2.26.